The van der Waals surface area contributed by atoms with Gasteiger partial charge >= 0.3 is 12.1 Å². The number of nitrogens with zero attached hydrogens (tertiary/aromatic N) is 1. The Kier molecular flexibility index (Phi) is 7.16. The van der Waals surface area contributed by atoms with Crippen LogP contribution in [0.1, 0.15) is 25.3 Å². The van der Waals surface area contributed by atoms with Crippen LogP contribution in [-0.4, -0.2) is 57.9 Å². The van der Waals surface area contributed by atoms with Gasteiger partial charge in [0, 0.05) is 18.8 Å². The fourth-order valence-corrected chi connectivity index (χ4v) is 3.73. The number of hydrogen-bond donors (Lipinski definition) is 1. The number of rotatable bonds is 7. The first-order valence-electron chi connectivity index (χ1n) is 8.72. The summed E-state index contributed by atoms with van der Waals surface area (Å²) >= 11 is 0. The number of likely N-dealkylation sites (tertiary alicyclic amines) is 1. The van der Waals surface area contributed by atoms with E-state index in [-0.39, 0.29) is 24.1 Å². The highest BCUT2D eigenvalue weighted by atomic mass is 32.2. The van der Waals surface area contributed by atoms with Crippen molar-refractivity contribution in [1.82, 2.24) is 4.90 Å². The van der Waals surface area contributed by atoms with Gasteiger partial charge in [-0.05, 0) is 45.0 Å². The molecule has 0 aromatic heterocycles. The summed E-state index contributed by atoms with van der Waals surface area (Å²) < 4.78 is 76.3. The minimum absolute atomic E-state index is 0.00440. The van der Waals surface area contributed by atoms with Crippen LogP contribution in [0.15, 0.2) is 18.2 Å². The third-order valence-electron chi connectivity index (χ3n) is 4.13. The van der Waals surface area contributed by atoms with E-state index in [4.69, 9.17) is 4.74 Å². The van der Waals surface area contributed by atoms with Crippen LogP contribution >= 0.6 is 0 Å². The molecule has 2 rings (SSSR count). The highest BCUT2D eigenvalue weighted by Gasteiger charge is 2.36. The highest BCUT2D eigenvalue weighted by Crippen LogP contribution is 2.39. The molecule has 0 unspecified atom stereocenters. The molecular weight excluding hydrogens is 401 g/mol. The van der Waals surface area contributed by atoms with E-state index < -0.39 is 33.5 Å². The molecule has 0 bridgehead atoms. The predicted octanol–water partition coefficient (Wildman–Crippen LogP) is 2.48. The molecule has 0 saturated carbocycles. The van der Waals surface area contributed by atoms with E-state index in [2.05, 4.69) is 9.64 Å². The number of sulfonamides is 1. The fourth-order valence-electron chi connectivity index (χ4n) is 2.77. The van der Waals surface area contributed by atoms with E-state index in [0.717, 1.165) is 19.2 Å². The van der Waals surface area contributed by atoms with E-state index >= 15 is 0 Å². The van der Waals surface area contributed by atoms with Crippen molar-refractivity contribution in [2.45, 2.75) is 32.0 Å². The third-order valence-corrected chi connectivity index (χ3v) is 5.29. The molecule has 1 aromatic rings. The second-order valence-electron chi connectivity index (χ2n) is 6.50. The Labute approximate surface area is 161 Å². The molecular formula is C17H23F3N2O5S. The molecule has 158 valence electrons. The lowest BCUT2D eigenvalue weighted by atomic mass is 10.1. The summed E-state index contributed by atoms with van der Waals surface area (Å²) in [6, 6.07) is 2.92. The number of esters is 1. The zero-order chi connectivity index (χ0) is 20.9. The van der Waals surface area contributed by atoms with Gasteiger partial charge in [0.2, 0.25) is 10.0 Å². The van der Waals surface area contributed by atoms with Crippen LogP contribution in [0.2, 0.25) is 0 Å². The van der Waals surface area contributed by atoms with E-state index in [1.54, 1.807) is 0 Å². The van der Waals surface area contributed by atoms with E-state index in [9.17, 15) is 26.4 Å². The predicted molar refractivity (Wildman–Crippen MR) is 96.6 cm³/mol. The Hall–Kier alpha value is -2.01. The molecule has 1 fully saturated rings. The maximum absolute atomic E-state index is 13.4. The molecule has 7 nitrogen and oxygen atoms in total. The van der Waals surface area contributed by atoms with Crippen LogP contribution in [0, 0.1) is 0 Å². The first kappa shape index (κ1) is 22.3. The van der Waals surface area contributed by atoms with Crippen molar-refractivity contribution in [3.63, 3.8) is 0 Å². The molecule has 1 aliphatic rings. The van der Waals surface area contributed by atoms with Crippen molar-refractivity contribution >= 4 is 21.7 Å². The van der Waals surface area contributed by atoms with Crippen molar-refractivity contribution in [3.05, 3.63) is 23.8 Å². The summed E-state index contributed by atoms with van der Waals surface area (Å²) in [7, 11) is -2.28. The summed E-state index contributed by atoms with van der Waals surface area (Å²) in [6.45, 7) is 2.95. The van der Waals surface area contributed by atoms with Gasteiger partial charge in [0.25, 0.3) is 0 Å². The molecule has 0 atom stereocenters. The number of anilines is 1. The van der Waals surface area contributed by atoms with Crippen LogP contribution in [0.25, 0.3) is 0 Å². The molecule has 0 aliphatic carbocycles. The summed E-state index contributed by atoms with van der Waals surface area (Å²) in [6.07, 6.45) is -3.88. The highest BCUT2D eigenvalue weighted by molar-refractivity contribution is 7.93. The lowest BCUT2D eigenvalue weighted by Crippen LogP contribution is -2.36. The second-order valence-corrected chi connectivity index (χ2v) is 8.22. The normalized spacial score (nSPS) is 16.6. The van der Waals surface area contributed by atoms with Crippen molar-refractivity contribution in [2.75, 3.05) is 37.2 Å². The minimum atomic E-state index is -4.73. The monoisotopic (exact) mass is 424 g/mol. The van der Waals surface area contributed by atoms with Crippen LogP contribution in [0.4, 0.5) is 18.9 Å². The van der Waals surface area contributed by atoms with Crippen molar-refractivity contribution < 1.29 is 35.9 Å². The third kappa shape index (κ3) is 6.55. The van der Waals surface area contributed by atoms with E-state index in [1.165, 1.54) is 13.0 Å². The number of nitrogens with one attached hydrogen (secondary N) is 1. The number of carbonyl (C=O) groups is 1. The summed E-state index contributed by atoms with van der Waals surface area (Å²) in [5.74, 6) is -2.33. The van der Waals surface area contributed by atoms with Crippen LogP contribution in [0.3, 0.4) is 0 Å². The van der Waals surface area contributed by atoms with Gasteiger partial charge in [-0.15, -0.1) is 0 Å². The molecule has 28 heavy (non-hydrogen) atoms. The molecule has 0 radical (unpaired) electrons. The number of ether oxygens (including phenoxy) is 2. The Morgan fingerprint density at radius 1 is 1.29 bits per heavy atom. The van der Waals surface area contributed by atoms with Crippen LogP contribution in [-0.2, 0) is 25.7 Å². The fraction of sp³-hybridized carbons (Fsp3) is 0.588. The smallest absolute Gasteiger partial charge is 0.420 e. The molecule has 1 heterocycles. The zero-order valence-electron chi connectivity index (χ0n) is 15.6. The second kappa shape index (κ2) is 8.99. The molecule has 0 spiro atoms. The Balaban J connectivity index is 2.18. The van der Waals surface area contributed by atoms with Gasteiger partial charge in [-0.1, -0.05) is 0 Å². The van der Waals surface area contributed by atoms with Crippen molar-refractivity contribution in [2.24, 2.45) is 0 Å². The number of hydrogen-bond acceptors (Lipinski definition) is 6. The van der Waals surface area contributed by atoms with Gasteiger partial charge in [-0.2, -0.15) is 13.2 Å². The molecule has 1 N–H and O–H groups in total. The molecule has 11 heteroatoms. The lowest BCUT2D eigenvalue weighted by molar-refractivity contribution is -0.140. The molecule has 1 aliphatic heterocycles. The summed E-state index contributed by atoms with van der Waals surface area (Å²) in [4.78, 5) is 13.4. The molecule has 1 aromatic carbocycles. The number of alkyl halides is 3. The van der Waals surface area contributed by atoms with Gasteiger partial charge in [-0.3, -0.25) is 9.52 Å². The summed E-state index contributed by atoms with van der Waals surface area (Å²) in [5.41, 5.74) is -1.39. The zero-order valence-corrected chi connectivity index (χ0v) is 16.4. The maximum Gasteiger partial charge on any atom is 0.420 e. The van der Waals surface area contributed by atoms with Crippen LogP contribution < -0.4 is 9.46 Å². The first-order valence-corrected chi connectivity index (χ1v) is 10.4. The average Bonchev–Trinajstić information content (AvgIpc) is 2.56. The van der Waals surface area contributed by atoms with Gasteiger partial charge in [0.15, 0.2) is 5.75 Å². The Morgan fingerprint density at radius 3 is 2.50 bits per heavy atom. The Morgan fingerprint density at radius 2 is 1.93 bits per heavy atom. The van der Waals surface area contributed by atoms with Gasteiger partial charge in [0.1, 0.15) is 11.9 Å². The van der Waals surface area contributed by atoms with Gasteiger partial charge < -0.3 is 14.4 Å². The molecule has 0 amide bonds. The minimum Gasteiger partial charge on any atom is -0.490 e. The quantitative estimate of drug-likeness (QED) is 0.677. The topological polar surface area (TPSA) is 84.9 Å². The average molecular weight is 424 g/mol. The number of halogens is 3. The van der Waals surface area contributed by atoms with Crippen molar-refractivity contribution in [3.8, 4) is 5.75 Å². The summed E-state index contributed by atoms with van der Waals surface area (Å²) in [5, 5.41) is 0. The number of benzene rings is 1. The Bertz CT molecular complexity index is 790. The van der Waals surface area contributed by atoms with E-state index in [0.29, 0.717) is 18.9 Å². The lowest BCUT2D eigenvalue weighted by Gasteiger charge is -2.30. The standard InChI is InChI=1S/C17H23F3N2O5S/c1-3-26-16(23)11-28(24,25)21-12-4-5-15(14(10-12)17(18,19)20)27-13-6-8-22(2)9-7-13/h4-5,10,13,21H,3,6-9,11H2,1-2H3. The van der Waals surface area contributed by atoms with Crippen molar-refractivity contribution in [1.29, 1.82) is 0 Å². The maximum atomic E-state index is 13.4. The van der Waals surface area contributed by atoms with Gasteiger partial charge in [0.05, 0.1) is 12.2 Å². The first-order chi connectivity index (χ1) is 13.0. The number of piperidine rings is 1. The largest absolute Gasteiger partial charge is 0.490 e. The SMILES string of the molecule is CCOC(=O)CS(=O)(=O)Nc1ccc(OC2CCN(C)CC2)c(C(F)(F)F)c1. The van der Waals surface area contributed by atoms with Gasteiger partial charge in [-0.25, -0.2) is 8.42 Å². The van der Waals surface area contributed by atoms with Crippen LogP contribution in [0.5, 0.6) is 5.75 Å². The van der Waals surface area contributed by atoms with E-state index in [1.807, 2.05) is 11.8 Å². The number of carbonyl (C=O) groups excluding carboxylic acids is 1. The molecule has 1 saturated heterocycles.